The van der Waals surface area contributed by atoms with Crippen molar-refractivity contribution in [2.24, 2.45) is 18.1 Å². The topological polar surface area (TPSA) is 59.6 Å². The Labute approximate surface area is 136 Å². The quantitative estimate of drug-likeness (QED) is 0.399. The fourth-order valence-electron chi connectivity index (χ4n) is 2.32. The van der Waals surface area contributed by atoms with Crippen molar-refractivity contribution in [2.75, 3.05) is 6.61 Å². The number of aryl methyl sites for hydroxylation is 1. The molecule has 1 N–H and O–H groups in total. The molecule has 3 rings (SSSR count). The second kappa shape index (κ2) is 5.28. The van der Waals surface area contributed by atoms with Crippen molar-refractivity contribution in [2.45, 2.75) is 17.7 Å². The van der Waals surface area contributed by atoms with E-state index >= 15 is 0 Å². The number of ether oxygens (including phenoxy) is 1. The van der Waals surface area contributed by atoms with Gasteiger partial charge in [-0.25, -0.2) is 4.39 Å². The zero-order chi connectivity index (χ0) is 16.1. The Morgan fingerprint density at radius 2 is 2.27 bits per heavy atom. The third-order valence-electron chi connectivity index (χ3n) is 3.79. The van der Waals surface area contributed by atoms with E-state index in [0.29, 0.717) is 28.7 Å². The highest BCUT2D eigenvalue weighted by Crippen LogP contribution is 2.53. The second-order valence-corrected chi connectivity index (χ2v) is 6.97. The van der Waals surface area contributed by atoms with Crippen LogP contribution in [0.1, 0.15) is 19.0 Å². The molecule has 0 radical (unpaired) electrons. The van der Waals surface area contributed by atoms with Gasteiger partial charge in [-0.15, -0.1) is 23.2 Å². The van der Waals surface area contributed by atoms with E-state index in [2.05, 4.69) is 10.3 Å². The number of hydrogen-bond acceptors (Lipinski definition) is 4. The first kappa shape index (κ1) is 15.4. The van der Waals surface area contributed by atoms with Crippen LogP contribution in [0, 0.1) is 11.7 Å². The molecular weight excluding hydrogens is 332 g/mol. The van der Waals surface area contributed by atoms with Gasteiger partial charge in [0, 0.05) is 24.4 Å². The summed E-state index contributed by atoms with van der Waals surface area (Å²) < 4.78 is 20.5. The van der Waals surface area contributed by atoms with Crippen molar-refractivity contribution in [3.05, 3.63) is 23.6 Å². The van der Waals surface area contributed by atoms with Gasteiger partial charge in [-0.2, -0.15) is 5.10 Å². The molecule has 1 saturated carbocycles. The standard InChI is InChI=1S/C14H14Cl2FN3O2/c1-7(19-21)13-9-3-10(17)12(4-11(9)20(2)18-13)22-6-8-5-14(8,15)16/h3-4,8,21H,5-6H2,1-2H3/b19-7+. The van der Waals surface area contributed by atoms with Crippen LogP contribution in [0.4, 0.5) is 4.39 Å². The average molecular weight is 346 g/mol. The van der Waals surface area contributed by atoms with Crippen molar-refractivity contribution < 1.29 is 14.3 Å². The normalized spacial score (nSPS) is 20.4. The van der Waals surface area contributed by atoms with Crippen LogP contribution >= 0.6 is 23.2 Å². The lowest BCUT2D eigenvalue weighted by molar-refractivity contribution is 0.285. The molecule has 0 saturated heterocycles. The Bertz CT molecular complexity index is 773. The van der Waals surface area contributed by atoms with Gasteiger partial charge in [0.2, 0.25) is 0 Å². The van der Waals surface area contributed by atoms with E-state index in [9.17, 15) is 4.39 Å². The van der Waals surface area contributed by atoms with Crippen molar-refractivity contribution >= 4 is 39.8 Å². The molecule has 1 heterocycles. The highest BCUT2D eigenvalue weighted by Gasteiger charge is 2.52. The maximum Gasteiger partial charge on any atom is 0.165 e. The monoisotopic (exact) mass is 345 g/mol. The predicted molar refractivity (Wildman–Crippen MR) is 82.7 cm³/mol. The van der Waals surface area contributed by atoms with Crippen LogP contribution in [0.2, 0.25) is 0 Å². The minimum absolute atomic E-state index is 0.0109. The summed E-state index contributed by atoms with van der Waals surface area (Å²) in [5, 5.41) is 16.8. The summed E-state index contributed by atoms with van der Waals surface area (Å²) in [4.78, 5) is 0. The summed E-state index contributed by atoms with van der Waals surface area (Å²) in [5.41, 5.74) is 1.41. The molecule has 1 atom stereocenters. The Balaban J connectivity index is 1.93. The molecule has 1 unspecified atom stereocenters. The average Bonchev–Trinajstić information content (AvgIpc) is 2.96. The number of benzene rings is 1. The SMILES string of the molecule is C/C(=N\O)c1nn(C)c2cc(OCC3CC3(Cl)Cl)c(F)cc12. The number of halogens is 3. The van der Waals surface area contributed by atoms with E-state index < -0.39 is 10.2 Å². The summed E-state index contributed by atoms with van der Waals surface area (Å²) in [5.74, 6) is -0.378. The van der Waals surface area contributed by atoms with Gasteiger partial charge in [-0.05, 0) is 19.4 Å². The van der Waals surface area contributed by atoms with E-state index in [1.165, 1.54) is 6.07 Å². The van der Waals surface area contributed by atoms with Crippen LogP contribution in [-0.4, -0.2) is 31.6 Å². The number of fused-ring (bicyclic) bond motifs is 1. The molecule has 0 spiro atoms. The molecule has 118 valence electrons. The van der Waals surface area contributed by atoms with Crippen LogP contribution in [0.15, 0.2) is 17.3 Å². The third-order valence-corrected chi connectivity index (χ3v) is 4.72. The molecule has 22 heavy (non-hydrogen) atoms. The summed E-state index contributed by atoms with van der Waals surface area (Å²) in [7, 11) is 1.72. The van der Waals surface area contributed by atoms with Gasteiger partial charge in [-0.1, -0.05) is 5.16 Å². The van der Waals surface area contributed by atoms with Crippen LogP contribution in [0.25, 0.3) is 10.9 Å². The van der Waals surface area contributed by atoms with E-state index in [4.69, 9.17) is 33.1 Å². The van der Waals surface area contributed by atoms with E-state index in [1.54, 1.807) is 24.7 Å². The number of rotatable bonds is 4. The van der Waals surface area contributed by atoms with Crippen molar-refractivity contribution in [3.8, 4) is 5.75 Å². The highest BCUT2D eigenvalue weighted by molar-refractivity contribution is 6.50. The lowest BCUT2D eigenvalue weighted by atomic mass is 10.1. The predicted octanol–water partition coefficient (Wildman–Crippen LogP) is 3.48. The zero-order valence-electron chi connectivity index (χ0n) is 12.0. The molecule has 0 bridgehead atoms. The molecule has 8 heteroatoms. The van der Waals surface area contributed by atoms with Gasteiger partial charge < -0.3 is 9.94 Å². The number of hydrogen-bond donors (Lipinski definition) is 1. The fraction of sp³-hybridized carbons (Fsp3) is 0.429. The molecule has 2 aromatic rings. The molecule has 0 amide bonds. The summed E-state index contributed by atoms with van der Waals surface area (Å²) in [6.45, 7) is 1.86. The molecule has 1 fully saturated rings. The Kier molecular flexibility index (Phi) is 3.69. The third kappa shape index (κ3) is 2.61. The summed E-state index contributed by atoms with van der Waals surface area (Å²) >= 11 is 11.9. The number of aromatic nitrogens is 2. The maximum absolute atomic E-state index is 14.2. The van der Waals surface area contributed by atoms with Crippen molar-refractivity contribution in [1.29, 1.82) is 0 Å². The zero-order valence-corrected chi connectivity index (χ0v) is 13.5. The van der Waals surface area contributed by atoms with Crippen molar-refractivity contribution in [1.82, 2.24) is 9.78 Å². The number of oxime groups is 1. The van der Waals surface area contributed by atoms with Crippen molar-refractivity contribution in [3.63, 3.8) is 0 Å². The molecule has 0 aliphatic heterocycles. The largest absolute Gasteiger partial charge is 0.490 e. The van der Waals surface area contributed by atoms with Gasteiger partial charge in [0.1, 0.15) is 15.7 Å². The minimum atomic E-state index is -0.755. The minimum Gasteiger partial charge on any atom is -0.490 e. The number of nitrogens with zero attached hydrogens (tertiary/aromatic N) is 3. The molecular formula is C14H14Cl2FN3O2. The highest BCUT2D eigenvalue weighted by atomic mass is 35.5. The second-order valence-electron chi connectivity index (χ2n) is 5.43. The lowest BCUT2D eigenvalue weighted by Gasteiger charge is -2.08. The van der Waals surface area contributed by atoms with Gasteiger partial charge in [-0.3, -0.25) is 4.68 Å². The first-order valence-corrected chi connectivity index (χ1v) is 7.45. The van der Waals surface area contributed by atoms with Crippen LogP contribution < -0.4 is 4.74 Å². The van der Waals surface area contributed by atoms with Gasteiger partial charge in [0.25, 0.3) is 0 Å². The maximum atomic E-state index is 14.2. The van der Waals surface area contributed by atoms with E-state index in [1.807, 2.05) is 0 Å². The molecule has 5 nitrogen and oxygen atoms in total. The molecule has 1 aliphatic carbocycles. The fourth-order valence-corrected chi connectivity index (χ4v) is 2.82. The van der Waals surface area contributed by atoms with Crippen LogP contribution in [0.3, 0.4) is 0 Å². The lowest BCUT2D eigenvalue weighted by Crippen LogP contribution is -2.05. The Morgan fingerprint density at radius 3 is 2.86 bits per heavy atom. The molecule has 1 aromatic carbocycles. The summed E-state index contributed by atoms with van der Waals surface area (Å²) in [6, 6.07) is 2.89. The van der Waals surface area contributed by atoms with Crippen LogP contribution in [0.5, 0.6) is 5.75 Å². The number of alkyl halides is 2. The molecule has 1 aliphatic rings. The smallest absolute Gasteiger partial charge is 0.165 e. The Hall–Kier alpha value is -1.53. The van der Waals surface area contributed by atoms with E-state index in [0.717, 1.165) is 0 Å². The Morgan fingerprint density at radius 1 is 1.59 bits per heavy atom. The molecule has 1 aromatic heterocycles. The van der Waals surface area contributed by atoms with Gasteiger partial charge in [0.05, 0.1) is 12.1 Å². The van der Waals surface area contributed by atoms with E-state index in [-0.39, 0.29) is 18.3 Å². The first-order valence-electron chi connectivity index (χ1n) is 6.69. The first-order chi connectivity index (χ1) is 10.3. The van der Waals surface area contributed by atoms with Gasteiger partial charge >= 0.3 is 0 Å². The van der Waals surface area contributed by atoms with Gasteiger partial charge in [0.15, 0.2) is 11.6 Å². The van der Waals surface area contributed by atoms with Crippen LogP contribution in [-0.2, 0) is 7.05 Å². The summed E-state index contributed by atoms with van der Waals surface area (Å²) in [6.07, 6.45) is 0.641.